The number of aromatic amines is 1. The van der Waals surface area contributed by atoms with E-state index >= 15 is 0 Å². The Morgan fingerprint density at radius 3 is 2.58 bits per heavy atom. The first-order valence-electron chi connectivity index (χ1n) is 8.09. The molecule has 2 rings (SSSR count). The highest BCUT2D eigenvalue weighted by molar-refractivity contribution is 6.02. The Balaban J connectivity index is 2.12. The molecule has 0 saturated carbocycles. The van der Waals surface area contributed by atoms with E-state index in [0.717, 1.165) is 12.0 Å². The Labute approximate surface area is 142 Å². The monoisotopic (exact) mass is 329 g/mol. The summed E-state index contributed by atoms with van der Waals surface area (Å²) in [7, 11) is 0. The fourth-order valence-electron chi connectivity index (χ4n) is 2.61. The molecule has 0 saturated heterocycles. The van der Waals surface area contributed by atoms with E-state index in [-0.39, 0.29) is 12.4 Å². The van der Waals surface area contributed by atoms with Crippen LogP contribution in [0.3, 0.4) is 0 Å². The lowest BCUT2D eigenvalue weighted by Gasteiger charge is -2.07. The van der Waals surface area contributed by atoms with Crippen LogP contribution in [0.1, 0.15) is 51.5 Å². The number of ether oxygens (including phenoxy) is 2. The molecule has 24 heavy (non-hydrogen) atoms. The number of H-pyrrole nitrogens is 1. The molecule has 0 aliphatic heterocycles. The van der Waals surface area contributed by atoms with Crippen LogP contribution in [-0.4, -0.2) is 30.0 Å². The van der Waals surface area contributed by atoms with Gasteiger partial charge in [-0.2, -0.15) is 0 Å². The van der Waals surface area contributed by atoms with Gasteiger partial charge in [-0.1, -0.05) is 19.1 Å². The van der Waals surface area contributed by atoms with E-state index in [0.29, 0.717) is 34.9 Å². The second-order valence-electron chi connectivity index (χ2n) is 5.56. The molecular weight excluding hydrogens is 306 g/mol. The summed E-state index contributed by atoms with van der Waals surface area (Å²) < 4.78 is 10.6. The lowest BCUT2D eigenvalue weighted by Crippen LogP contribution is -2.14. The maximum atomic E-state index is 12.4. The number of nitrogens with one attached hydrogen (secondary N) is 1. The van der Waals surface area contributed by atoms with Gasteiger partial charge in [0, 0.05) is 5.69 Å². The number of aromatic nitrogens is 1. The summed E-state index contributed by atoms with van der Waals surface area (Å²) in [5, 5.41) is 0. The summed E-state index contributed by atoms with van der Waals surface area (Å²) >= 11 is 0. The normalized spacial score (nSPS) is 10.5. The Kier molecular flexibility index (Phi) is 5.79. The minimum Gasteiger partial charge on any atom is -0.485 e. The number of hydrogen-bond acceptors (Lipinski definition) is 4. The maximum absolute atomic E-state index is 12.4. The number of benzene rings is 1. The number of esters is 1. The van der Waals surface area contributed by atoms with Crippen molar-refractivity contribution in [2.75, 3.05) is 13.2 Å². The number of carbonyl (C=O) groups excluding carboxylic acids is 2. The fourth-order valence-corrected chi connectivity index (χ4v) is 2.61. The summed E-state index contributed by atoms with van der Waals surface area (Å²) in [6.45, 7) is 7.51. The van der Waals surface area contributed by atoms with Gasteiger partial charge < -0.3 is 14.5 Å². The Hall–Kier alpha value is -2.56. The van der Waals surface area contributed by atoms with Crippen molar-refractivity contribution >= 4 is 11.8 Å². The van der Waals surface area contributed by atoms with Crippen LogP contribution >= 0.6 is 0 Å². The molecule has 0 amide bonds. The topological polar surface area (TPSA) is 68.4 Å². The highest BCUT2D eigenvalue weighted by Gasteiger charge is 2.23. The van der Waals surface area contributed by atoms with Crippen molar-refractivity contribution in [2.45, 2.75) is 34.1 Å². The van der Waals surface area contributed by atoms with Gasteiger partial charge in [0.1, 0.15) is 5.75 Å². The molecule has 0 spiro atoms. The minimum absolute atomic E-state index is 0.0871. The third kappa shape index (κ3) is 3.85. The summed E-state index contributed by atoms with van der Waals surface area (Å²) in [4.78, 5) is 27.4. The zero-order valence-electron chi connectivity index (χ0n) is 14.6. The van der Waals surface area contributed by atoms with Gasteiger partial charge in [0.25, 0.3) is 0 Å². The second-order valence-corrected chi connectivity index (χ2v) is 5.56. The van der Waals surface area contributed by atoms with Gasteiger partial charge in [0.15, 0.2) is 6.61 Å². The highest BCUT2D eigenvalue weighted by atomic mass is 16.5. The first-order chi connectivity index (χ1) is 11.5. The number of aryl methyl sites for hydroxylation is 2. The van der Waals surface area contributed by atoms with E-state index in [1.54, 1.807) is 20.8 Å². The van der Waals surface area contributed by atoms with Crippen LogP contribution in [0.4, 0.5) is 0 Å². The third-order valence-corrected chi connectivity index (χ3v) is 3.87. The minimum atomic E-state index is -0.417. The van der Waals surface area contributed by atoms with Gasteiger partial charge in [0.05, 0.1) is 17.9 Å². The lowest BCUT2D eigenvalue weighted by molar-refractivity contribution is 0.0525. The van der Waals surface area contributed by atoms with Gasteiger partial charge >= 0.3 is 5.97 Å². The molecule has 0 fully saturated rings. The summed E-state index contributed by atoms with van der Waals surface area (Å²) in [6, 6.07) is 7.66. The van der Waals surface area contributed by atoms with Crippen molar-refractivity contribution in [1.82, 2.24) is 4.98 Å². The van der Waals surface area contributed by atoms with E-state index in [4.69, 9.17) is 9.47 Å². The predicted molar refractivity (Wildman–Crippen MR) is 91.9 cm³/mol. The lowest BCUT2D eigenvalue weighted by atomic mass is 10.1. The molecule has 1 heterocycles. The molecule has 5 nitrogen and oxygen atoms in total. The Bertz CT molecular complexity index is 746. The van der Waals surface area contributed by atoms with Crippen molar-refractivity contribution in [2.24, 2.45) is 0 Å². The van der Waals surface area contributed by atoms with Gasteiger partial charge in [-0.15, -0.1) is 0 Å². The van der Waals surface area contributed by atoms with Gasteiger partial charge in [-0.25, -0.2) is 4.79 Å². The molecule has 0 radical (unpaired) electrons. The van der Waals surface area contributed by atoms with Gasteiger partial charge in [-0.05, 0) is 50.5 Å². The van der Waals surface area contributed by atoms with Crippen LogP contribution in [0.25, 0.3) is 0 Å². The number of rotatable bonds is 7. The number of carbonyl (C=O) groups is 2. The van der Waals surface area contributed by atoms with Crippen molar-refractivity contribution in [3.8, 4) is 5.75 Å². The number of ketones is 1. The summed E-state index contributed by atoms with van der Waals surface area (Å²) in [6.07, 6.45) is 0.906. The van der Waals surface area contributed by atoms with Crippen LogP contribution in [0.5, 0.6) is 5.75 Å². The van der Waals surface area contributed by atoms with Gasteiger partial charge in [-0.3, -0.25) is 4.79 Å². The van der Waals surface area contributed by atoms with Crippen molar-refractivity contribution in [3.63, 3.8) is 0 Å². The van der Waals surface area contributed by atoms with Crippen LogP contribution in [-0.2, 0) is 11.2 Å². The Morgan fingerprint density at radius 2 is 1.92 bits per heavy atom. The maximum Gasteiger partial charge on any atom is 0.340 e. The molecule has 1 N–H and O–H groups in total. The van der Waals surface area contributed by atoms with Crippen molar-refractivity contribution in [3.05, 3.63) is 52.3 Å². The first-order valence-corrected chi connectivity index (χ1v) is 8.09. The van der Waals surface area contributed by atoms with E-state index in [1.807, 2.05) is 24.3 Å². The van der Waals surface area contributed by atoms with Crippen molar-refractivity contribution < 1.29 is 19.1 Å². The third-order valence-electron chi connectivity index (χ3n) is 3.87. The predicted octanol–water partition coefficient (Wildman–Crippen LogP) is 3.63. The second kappa shape index (κ2) is 7.81. The molecule has 5 heteroatoms. The van der Waals surface area contributed by atoms with Crippen molar-refractivity contribution in [1.29, 1.82) is 0 Å². The average Bonchev–Trinajstić information content (AvgIpc) is 2.87. The van der Waals surface area contributed by atoms with E-state index in [9.17, 15) is 9.59 Å². The molecule has 0 unspecified atom stereocenters. The largest absolute Gasteiger partial charge is 0.485 e. The van der Waals surface area contributed by atoms with E-state index in [2.05, 4.69) is 11.9 Å². The number of Topliss-reactive ketones (excluding diaryl/α,β-unsaturated/α-hetero) is 1. The molecule has 128 valence electrons. The molecule has 1 aromatic carbocycles. The van der Waals surface area contributed by atoms with Crippen LogP contribution < -0.4 is 4.74 Å². The zero-order chi connectivity index (χ0) is 17.7. The van der Waals surface area contributed by atoms with Crippen LogP contribution in [0, 0.1) is 13.8 Å². The van der Waals surface area contributed by atoms with E-state index in [1.165, 1.54) is 0 Å². The SMILES string of the molecule is CCOC(=O)c1c(C)[nH]c(C(=O)COc2cccc(CC)c2)c1C. The summed E-state index contributed by atoms with van der Waals surface area (Å²) in [5.41, 5.74) is 3.19. The molecule has 0 aliphatic carbocycles. The molecule has 1 aromatic heterocycles. The van der Waals surface area contributed by atoms with E-state index < -0.39 is 5.97 Å². The fraction of sp³-hybridized carbons (Fsp3) is 0.368. The molecule has 0 bridgehead atoms. The highest BCUT2D eigenvalue weighted by Crippen LogP contribution is 2.20. The Morgan fingerprint density at radius 1 is 1.17 bits per heavy atom. The standard InChI is InChI=1S/C19H23NO4/c1-5-14-8-7-9-15(10-14)24-11-16(21)18-12(3)17(13(4)20-18)19(22)23-6-2/h7-10,20H,5-6,11H2,1-4H3. The molecule has 0 aliphatic rings. The molecule has 0 atom stereocenters. The molecular formula is C19H23NO4. The number of hydrogen-bond donors (Lipinski definition) is 1. The average molecular weight is 329 g/mol. The smallest absolute Gasteiger partial charge is 0.340 e. The van der Waals surface area contributed by atoms with Crippen LogP contribution in [0.2, 0.25) is 0 Å². The van der Waals surface area contributed by atoms with Crippen LogP contribution in [0.15, 0.2) is 24.3 Å². The summed E-state index contributed by atoms with van der Waals surface area (Å²) in [5.74, 6) is 0.0432. The zero-order valence-corrected chi connectivity index (χ0v) is 14.6. The quantitative estimate of drug-likeness (QED) is 0.622. The first kappa shape index (κ1) is 17.8. The van der Waals surface area contributed by atoms with Gasteiger partial charge in [0.2, 0.25) is 5.78 Å². The molecule has 2 aromatic rings.